The maximum atomic E-state index is 13.7. The predicted molar refractivity (Wildman–Crippen MR) is 82.1 cm³/mol. The summed E-state index contributed by atoms with van der Waals surface area (Å²) in [5.41, 5.74) is 1.14. The predicted octanol–water partition coefficient (Wildman–Crippen LogP) is 4.30. The van der Waals surface area contributed by atoms with Crippen LogP contribution in [0.25, 0.3) is 0 Å². The molecule has 3 nitrogen and oxygen atoms in total. The summed E-state index contributed by atoms with van der Waals surface area (Å²) >= 11 is 3.03. The van der Waals surface area contributed by atoms with Crippen LogP contribution in [-0.4, -0.2) is 5.91 Å². The molecule has 21 heavy (non-hydrogen) atoms. The summed E-state index contributed by atoms with van der Waals surface area (Å²) in [6, 6.07) is 9.43. The van der Waals surface area contributed by atoms with Crippen LogP contribution in [0.3, 0.4) is 0 Å². The summed E-state index contributed by atoms with van der Waals surface area (Å²) < 4.78 is 27.8. The van der Waals surface area contributed by atoms with Gasteiger partial charge in [0.2, 0.25) is 5.91 Å². The van der Waals surface area contributed by atoms with Crippen molar-refractivity contribution in [1.29, 1.82) is 0 Å². The van der Waals surface area contributed by atoms with Crippen molar-refractivity contribution in [2.45, 2.75) is 13.5 Å². The number of carbonyl (C=O) groups excluding carboxylic acids is 1. The molecule has 2 aromatic carbocycles. The zero-order valence-corrected chi connectivity index (χ0v) is 12.8. The summed E-state index contributed by atoms with van der Waals surface area (Å²) in [7, 11) is 0. The number of amides is 1. The summed E-state index contributed by atoms with van der Waals surface area (Å²) in [5.74, 6) is -1.57. The van der Waals surface area contributed by atoms with E-state index < -0.39 is 11.6 Å². The highest BCUT2D eigenvalue weighted by Crippen LogP contribution is 2.25. The van der Waals surface area contributed by atoms with Crippen LogP contribution in [0.1, 0.15) is 12.5 Å². The van der Waals surface area contributed by atoms with E-state index in [0.717, 1.165) is 5.56 Å². The number of para-hydroxylation sites is 1. The summed E-state index contributed by atoms with van der Waals surface area (Å²) in [6.07, 6.45) is 0. The molecule has 0 aliphatic carbocycles. The van der Waals surface area contributed by atoms with E-state index in [0.29, 0.717) is 10.2 Å². The first-order valence-electron chi connectivity index (χ1n) is 6.21. The summed E-state index contributed by atoms with van der Waals surface area (Å²) in [6.45, 7) is 1.59. The number of benzene rings is 2. The largest absolute Gasteiger partial charge is 0.376 e. The first-order valence-corrected chi connectivity index (χ1v) is 7.00. The molecular formula is C15H13BrF2N2O. The van der Waals surface area contributed by atoms with Crippen molar-refractivity contribution in [3.05, 3.63) is 58.1 Å². The van der Waals surface area contributed by atoms with Gasteiger partial charge in [0.1, 0.15) is 17.3 Å². The Kier molecular flexibility index (Phi) is 4.90. The van der Waals surface area contributed by atoms with E-state index in [1.54, 1.807) is 24.3 Å². The lowest BCUT2D eigenvalue weighted by molar-refractivity contribution is -0.114. The molecule has 0 unspecified atom stereocenters. The lowest BCUT2D eigenvalue weighted by atomic mass is 10.1. The van der Waals surface area contributed by atoms with Gasteiger partial charge in [0, 0.05) is 23.6 Å². The molecule has 0 heterocycles. The van der Waals surface area contributed by atoms with Crippen molar-refractivity contribution in [2.75, 3.05) is 10.6 Å². The second kappa shape index (κ2) is 6.67. The third kappa shape index (κ3) is 4.01. The van der Waals surface area contributed by atoms with Gasteiger partial charge in [-0.25, -0.2) is 8.78 Å². The van der Waals surface area contributed by atoms with Crippen LogP contribution >= 0.6 is 15.9 Å². The third-order valence-corrected chi connectivity index (χ3v) is 3.25. The van der Waals surface area contributed by atoms with Crippen molar-refractivity contribution < 1.29 is 13.6 Å². The van der Waals surface area contributed by atoms with Gasteiger partial charge >= 0.3 is 0 Å². The Hall–Kier alpha value is -1.95. The van der Waals surface area contributed by atoms with Gasteiger partial charge < -0.3 is 10.6 Å². The molecule has 0 spiro atoms. The molecule has 0 aliphatic heterocycles. The van der Waals surface area contributed by atoms with E-state index in [9.17, 15) is 13.6 Å². The van der Waals surface area contributed by atoms with E-state index in [1.165, 1.54) is 19.1 Å². The van der Waals surface area contributed by atoms with E-state index in [2.05, 4.69) is 26.6 Å². The second-order valence-electron chi connectivity index (χ2n) is 4.44. The van der Waals surface area contributed by atoms with Gasteiger partial charge in [0.05, 0.1) is 0 Å². The molecule has 0 bridgehead atoms. The Bertz CT molecular complexity index is 653. The fourth-order valence-corrected chi connectivity index (χ4v) is 2.28. The quantitative estimate of drug-likeness (QED) is 0.859. The standard InChI is InChI=1S/C15H13BrF2N2O/c1-9(21)20-14-5-3-2-4-10(14)8-19-15-12(17)6-11(16)7-13(15)18/h2-7,19H,8H2,1H3,(H,20,21). The van der Waals surface area contributed by atoms with Crippen LogP contribution in [0.4, 0.5) is 20.2 Å². The highest BCUT2D eigenvalue weighted by Gasteiger charge is 2.11. The van der Waals surface area contributed by atoms with E-state index in [-0.39, 0.29) is 18.1 Å². The highest BCUT2D eigenvalue weighted by atomic mass is 79.9. The monoisotopic (exact) mass is 354 g/mol. The van der Waals surface area contributed by atoms with Crippen LogP contribution in [0.15, 0.2) is 40.9 Å². The van der Waals surface area contributed by atoms with Crippen molar-refractivity contribution in [3.8, 4) is 0 Å². The summed E-state index contributed by atoms with van der Waals surface area (Å²) in [4.78, 5) is 11.1. The first-order chi connectivity index (χ1) is 9.97. The lowest BCUT2D eigenvalue weighted by Crippen LogP contribution is -2.11. The Labute approximate surface area is 129 Å². The molecule has 0 radical (unpaired) electrons. The Balaban J connectivity index is 2.19. The number of halogens is 3. The molecule has 2 rings (SSSR count). The van der Waals surface area contributed by atoms with Crippen LogP contribution in [0, 0.1) is 11.6 Å². The zero-order valence-electron chi connectivity index (χ0n) is 11.2. The number of anilines is 2. The molecule has 6 heteroatoms. The molecule has 1 amide bonds. The molecular weight excluding hydrogens is 342 g/mol. The van der Waals surface area contributed by atoms with Gasteiger partial charge in [0.25, 0.3) is 0 Å². The minimum Gasteiger partial charge on any atom is -0.376 e. The van der Waals surface area contributed by atoms with Crippen molar-refractivity contribution in [3.63, 3.8) is 0 Å². The van der Waals surface area contributed by atoms with Gasteiger partial charge in [0.15, 0.2) is 0 Å². The molecule has 0 atom stereocenters. The van der Waals surface area contributed by atoms with Gasteiger partial charge in [-0.2, -0.15) is 0 Å². The molecule has 0 aliphatic rings. The Morgan fingerprint density at radius 3 is 2.43 bits per heavy atom. The minimum absolute atomic E-state index is 0.186. The van der Waals surface area contributed by atoms with Crippen LogP contribution in [-0.2, 0) is 11.3 Å². The summed E-state index contributed by atoms with van der Waals surface area (Å²) in [5, 5.41) is 5.39. The highest BCUT2D eigenvalue weighted by molar-refractivity contribution is 9.10. The van der Waals surface area contributed by atoms with Gasteiger partial charge in [-0.3, -0.25) is 4.79 Å². The zero-order chi connectivity index (χ0) is 15.4. The maximum absolute atomic E-state index is 13.7. The van der Waals surface area contributed by atoms with Crippen LogP contribution < -0.4 is 10.6 Å². The van der Waals surface area contributed by atoms with Crippen molar-refractivity contribution in [1.82, 2.24) is 0 Å². The molecule has 110 valence electrons. The van der Waals surface area contributed by atoms with Crippen LogP contribution in [0.2, 0.25) is 0 Å². The van der Waals surface area contributed by atoms with Crippen molar-refractivity contribution >= 4 is 33.2 Å². The fourth-order valence-electron chi connectivity index (χ4n) is 1.88. The number of carbonyl (C=O) groups is 1. The van der Waals surface area contributed by atoms with Gasteiger partial charge in [-0.15, -0.1) is 0 Å². The SMILES string of the molecule is CC(=O)Nc1ccccc1CNc1c(F)cc(Br)cc1F. The smallest absolute Gasteiger partial charge is 0.221 e. The lowest BCUT2D eigenvalue weighted by Gasteiger charge is -2.13. The number of hydrogen-bond acceptors (Lipinski definition) is 2. The first kappa shape index (κ1) is 15.4. The van der Waals surface area contributed by atoms with Crippen LogP contribution in [0.5, 0.6) is 0 Å². The minimum atomic E-state index is -0.682. The normalized spacial score (nSPS) is 10.3. The number of rotatable bonds is 4. The number of nitrogens with one attached hydrogen (secondary N) is 2. The molecule has 0 aromatic heterocycles. The molecule has 2 aromatic rings. The van der Waals surface area contributed by atoms with E-state index in [4.69, 9.17) is 0 Å². The number of hydrogen-bond donors (Lipinski definition) is 2. The van der Waals surface area contributed by atoms with Crippen molar-refractivity contribution in [2.24, 2.45) is 0 Å². The molecule has 0 fully saturated rings. The van der Waals surface area contributed by atoms with E-state index in [1.807, 2.05) is 0 Å². The van der Waals surface area contributed by atoms with Gasteiger partial charge in [-0.1, -0.05) is 34.1 Å². The Morgan fingerprint density at radius 2 is 1.81 bits per heavy atom. The third-order valence-electron chi connectivity index (χ3n) is 2.79. The maximum Gasteiger partial charge on any atom is 0.221 e. The average molecular weight is 355 g/mol. The second-order valence-corrected chi connectivity index (χ2v) is 5.35. The Morgan fingerprint density at radius 1 is 1.19 bits per heavy atom. The molecule has 2 N–H and O–H groups in total. The molecule has 0 saturated carbocycles. The topological polar surface area (TPSA) is 41.1 Å². The van der Waals surface area contributed by atoms with Gasteiger partial charge in [-0.05, 0) is 23.8 Å². The fraction of sp³-hybridized carbons (Fsp3) is 0.133. The van der Waals surface area contributed by atoms with E-state index >= 15 is 0 Å². The molecule has 0 saturated heterocycles. The average Bonchev–Trinajstić information content (AvgIpc) is 2.38.